The number of methoxy groups -OCH3 is 1. The lowest BCUT2D eigenvalue weighted by molar-refractivity contribution is -0.121. The van der Waals surface area contributed by atoms with E-state index in [2.05, 4.69) is 10.3 Å². The number of nitrogens with zero attached hydrogens (tertiary/aromatic N) is 3. The fourth-order valence-electron chi connectivity index (χ4n) is 4.11. The minimum absolute atomic E-state index is 0.0671. The number of hydrogen-bond acceptors (Lipinski definition) is 6. The molecule has 0 bridgehead atoms. The zero-order valence-electron chi connectivity index (χ0n) is 19.7. The zero-order valence-corrected chi connectivity index (χ0v) is 21.3. The van der Waals surface area contributed by atoms with Crippen molar-refractivity contribution in [1.82, 2.24) is 5.01 Å². The van der Waals surface area contributed by atoms with Crippen molar-refractivity contribution in [2.45, 2.75) is 24.1 Å². The molecule has 37 heavy (non-hydrogen) atoms. The molecule has 2 aliphatic heterocycles. The molecule has 2 aliphatic rings. The molecule has 0 aromatic heterocycles. The number of thioether (sulfide) groups is 1. The molecule has 7 nitrogen and oxygen atoms in total. The van der Waals surface area contributed by atoms with Gasteiger partial charge in [0.05, 0.1) is 18.9 Å². The Kier molecular flexibility index (Phi) is 7.25. The lowest BCUT2D eigenvalue weighted by Crippen LogP contribution is -2.25. The van der Waals surface area contributed by atoms with E-state index in [4.69, 9.17) is 21.4 Å². The maximum atomic E-state index is 13.1. The summed E-state index contributed by atoms with van der Waals surface area (Å²) in [5, 5.41) is 9.67. The number of anilines is 1. The SMILES string of the molecule is COc1ccc(C2=NN(C3=NC(=O)[C@@H](CC(=O)Nc4ccc(F)cc4)S3)[C@H](c3ccc(Cl)cc3)C2)cc1. The number of nitrogens with one attached hydrogen (secondary N) is 1. The summed E-state index contributed by atoms with van der Waals surface area (Å²) in [5.41, 5.74) is 3.22. The molecule has 2 atom stereocenters. The standard InChI is InChI=1S/C27H22ClFN4O3S/c1-36-21-12-4-16(5-13-21)22-14-23(17-2-6-18(28)7-3-17)33(32-22)27-31-26(35)24(37-27)15-25(34)30-20-10-8-19(29)9-11-20/h2-13,23-24H,14-15H2,1H3,(H,30,34)/t23-,24+/m0/s1. The molecule has 1 N–H and O–H groups in total. The van der Waals surface area contributed by atoms with E-state index in [9.17, 15) is 14.0 Å². The summed E-state index contributed by atoms with van der Waals surface area (Å²) in [5.74, 6) is -0.395. The Balaban J connectivity index is 1.35. The predicted octanol–water partition coefficient (Wildman–Crippen LogP) is 5.67. The minimum atomic E-state index is -0.679. The molecule has 2 amide bonds. The van der Waals surface area contributed by atoms with Crippen LogP contribution in [0, 0.1) is 5.82 Å². The van der Waals surface area contributed by atoms with E-state index in [0.29, 0.717) is 22.3 Å². The Morgan fingerprint density at radius 3 is 2.49 bits per heavy atom. The van der Waals surface area contributed by atoms with Gasteiger partial charge in [0, 0.05) is 23.6 Å². The van der Waals surface area contributed by atoms with E-state index in [1.807, 2.05) is 48.5 Å². The van der Waals surface area contributed by atoms with E-state index < -0.39 is 17.0 Å². The van der Waals surface area contributed by atoms with Crippen LogP contribution in [0.1, 0.15) is 30.0 Å². The highest BCUT2D eigenvalue weighted by Gasteiger charge is 2.39. The molecular weight excluding hydrogens is 515 g/mol. The van der Waals surface area contributed by atoms with Crippen LogP contribution >= 0.6 is 23.4 Å². The van der Waals surface area contributed by atoms with Crippen LogP contribution in [0.5, 0.6) is 5.75 Å². The van der Waals surface area contributed by atoms with Gasteiger partial charge in [-0.05, 0) is 71.8 Å². The van der Waals surface area contributed by atoms with Crippen molar-refractivity contribution in [3.8, 4) is 5.75 Å². The van der Waals surface area contributed by atoms with Gasteiger partial charge in [0.1, 0.15) is 16.8 Å². The van der Waals surface area contributed by atoms with Crippen molar-refractivity contribution >= 4 is 51.7 Å². The molecule has 0 aliphatic carbocycles. The third-order valence-corrected chi connectivity index (χ3v) is 7.41. The number of hydrogen-bond donors (Lipinski definition) is 1. The normalized spacial score (nSPS) is 19.0. The van der Waals surface area contributed by atoms with Gasteiger partial charge in [0.25, 0.3) is 5.91 Å². The van der Waals surface area contributed by atoms with Crippen molar-refractivity contribution in [3.63, 3.8) is 0 Å². The Labute approximate surface area is 222 Å². The number of ether oxygens (including phenoxy) is 1. The van der Waals surface area contributed by atoms with Crippen LogP contribution in [-0.4, -0.2) is 40.1 Å². The number of amides is 2. The molecule has 0 radical (unpaired) electrons. The Hall–Kier alpha value is -3.69. The van der Waals surface area contributed by atoms with Crippen molar-refractivity contribution in [2.75, 3.05) is 12.4 Å². The minimum Gasteiger partial charge on any atom is -0.497 e. The van der Waals surface area contributed by atoms with E-state index in [1.54, 1.807) is 12.1 Å². The van der Waals surface area contributed by atoms with Gasteiger partial charge < -0.3 is 10.1 Å². The summed E-state index contributed by atoms with van der Waals surface area (Å²) in [6, 6.07) is 20.4. The van der Waals surface area contributed by atoms with Crippen LogP contribution in [0.4, 0.5) is 10.1 Å². The number of benzene rings is 3. The van der Waals surface area contributed by atoms with Gasteiger partial charge in [-0.25, -0.2) is 9.40 Å². The number of aliphatic imine (C=N–C) groups is 1. The van der Waals surface area contributed by atoms with Crippen LogP contribution in [-0.2, 0) is 9.59 Å². The molecule has 5 rings (SSSR count). The largest absolute Gasteiger partial charge is 0.497 e. The third kappa shape index (κ3) is 5.68. The summed E-state index contributed by atoms with van der Waals surface area (Å²) in [7, 11) is 1.61. The monoisotopic (exact) mass is 536 g/mol. The van der Waals surface area contributed by atoms with Crippen LogP contribution in [0.2, 0.25) is 5.02 Å². The van der Waals surface area contributed by atoms with Crippen molar-refractivity contribution < 1.29 is 18.7 Å². The highest BCUT2D eigenvalue weighted by Crippen LogP contribution is 2.39. The maximum absolute atomic E-state index is 13.1. The quantitative estimate of drug-likeness (QED) is 0.439. The number of carbonyl (C=O) groups is 2. The molecule has 10 heteroatoms. The molecule has 0 saturated carbocycles. The first-order valence-electron chi connectivity index (χ1n) is 11.5. The van der Waals surface area contributed by atoms with E-state index >= 15 is 0 Å². The molecule has 0 fully saturated rings. The summed E-state index contributed by atoms with van der Waals surface area (Å²) < 4.78 is 18.4. The number of amidine groups is 1. The number of halogens is 2. The smallest absolute Gasteiger partial charge is 0.262 e. The lowest BCUT2D eigenvalue weighted by Gasteiger charge is -2.23. The van der Waals surface area contributed by atoms with E-state index in [-0.39, 0.29) is 18.4 Å². The van der Waals surface area contributed by atoms with Crippen molar-refractivity contribution in [3.05, 3.63) is 94.8 Å². The average molecular weight is 537 g/mol. The van der Waals surface area contributed by atoms with Gasteiger partial charge >= 0.3 is 0 Å². The number of hydrazone groups is 1. The van der Waals surface area contributed by atoms with Gasteiger partial charge in [0.2, 0.25) is 5.91 Å². The fraction of sp³-hybridized carbons (Fsp3) is 0.185. The Bertz CT molecular complexity index is 1380. The first kappa shape index (κ1) is 25.0. The van der Waals surface area contributed by atoms with Gasteiger partial charge in [0.15, 0.2) is 5.17 Å². The van der Waals surface area contributed by atoms with Gasteiger partial charge in [-0.1, -0.05) is 35.5 Å². The van der Waals surface area contributed by atoms with E-state index in [0.717, 1.165) is 22.6 Å². The second-order valence-corrected chi connectivity index (χ2v) is 10.1. The van der Waals surface area contributed by atoms with Gasteiger partial charge in [-0.2, -0.15) is 10.1 Å². The number of rotatable bonds is 6. The average Bonchev–Trinajstić information content (AvgIpc) is 3.50. The van der Waals surface area contributed by atoms with Crippen LogP contribution in [0.15, 0.2) is 82.9 Å². The number of carbonyl (C=O) groups excluding carboxylic acids is 2. The highest BCUT2D eigenvalue weighted by molar-refractivity contribution is 8.15. The second kappa shape index (κ2) is 10.7. The Morgan fingerprint density at radius 2 is 1.81 bits per heavy atom. The van der Waals surface area contributed by atoms with Gasteiger partial charge in [-0.15, -0.1) is 0 Å². The first-order chi connectivity index (χ1) is 17.9. The van der Waals surface area contributed by atoms with Crippen LogP contribution in [0.3, 0.4) is 0 Å². The lowest BCUT2D eigenvalue weighted by atomic mass is 9.98. The summed E-state index contributed by atoms with van der Waals surface area (Å²) in [6.45, 7) is 0. The zero-order chi connectivity index (χ0) is 25.9. The highest BCUT2D eigenvalue weighted by atomic mass is 35.5. The molecule has 3 aromatic rings. The molecule has 0 saturated heterocycles. The second-order valence-electron chi connectivity index (χ2n) is 8.49. The summed E-state index contributed by atoms with van der Waals surface area (Å²) in [6.07, 6.45) is 0.528. The third-order valence-electron chi connectivity index (χ3n) is 6.01. The van der Waals surface area contributed by atoms with Gasteiger partial charge in [-0.3, -0.25) is 9.59 Å². The molecule has 0 unspecified atom stereocenters. The maximum Gasteiger partial charge on any atom is 0.262 e. The van der Waals surface area contributed by atoms with Crippen molar-refractivity contribution in [2.24, 2.45) is 10.1 Å². The predicted molar refractivity (Wildman–Crippen MR) is 144 cm³/mol. The summed E-state index contributed by atoms with van der Waals surface area (Å²) >= 11 is 7.32. The van der Waals surface area contributed by atoms with Crippen LogP contribution < -0.4 is 10.1 Å². The fourth-order valence-corrected chi connectivity index (χ4v) is 5.29. The van der Waals surface area contributed by atoms with Crippen LogP contribution in [0.25, 0.3) is 0 Å². The van der Waals surface area contributed by atoms with E-state index in [1.165, 1.54) is 36.0 Å². The molecule has 0 spiro atoms. The molecule has 2 heterocycles. The van der Waals surface area contributed by atoms with Crippen molar-refractivity contribution in [1.29, 1.82) is 0 Å². The molecule has 188 valence electrons. The summed E-state index contributed by atoms with van der Waals surface area (Å²) in [4.78, 5) is 29.5. The topological polar surface area (TPSA) is 83.4 Å². The Morgan fingerprint density at radius 1 is 1.11 bits per heavy atom. The first-order valence-corrected chi connectivity index (χ1v) is 12.8. The molecular formula is C27H22ClFN4O3S. The molecule has 3 aromatic carbocycles.